The molecule has 5 aromatic carbocycles. The number of benzene rings is 5. The first-order valence-electron chi connectivity index (χ1n) is 16.6. The van der Waals surface area contributed by atoms with E-state index in [2.05, 4.69) is 34.5 Å². The Morgan fingerprint density at radius 3 is 2.28 bits per heavy atom. The summed E-state index contributed by atoms with van der Waals surface area (Å²) >= 11 is 2.67. The third-order valence-corrected chi connectivity index (χ3v) is 11.0. The summed E-state index contributed by atoms with van der Waals surface area (Å²) in [6.45, 7) is 2.38. The minimum absolute atomic E-state index is 0.127. The standard InChI is InChI=1S/C41H35N3O7S2/c1-24-9-7-10-25(19-24)22-51-30-17-15-27(16-18-30)36(45)34-35(29-20-32(48-2)38(50-4)33(21-29)49-3)44(39(47)37(34)46)40-42-43-41(53-40)52-23-28-13-8-12-26-11-5-6-14-31(26)28/h5-21,35,45H,22-23H2,1-4H3. The third kappa shape index (κ3) is 7.15. The Kier molecular flexibility index (Phi) is 10.3. The number of hydrogen-bond acceptors (Lipinski definition) is 11. The molecule has 2 heterocycles. The number of methoxy groups -OCH3 is 3. The third-order valence-electron chi connectivity index (χ3n) is 8.90. The topological polar surface area (TPSA) is 120 Å². The Labute approximate surface area is 314 Å². The van der Waals surface area contributed by atoms with Gasteiger partial charge in [0.2, 0.25) is 10.9 Å². The summed E-state index contributed by atoms with van der Waals surface area (Å²) in [6, 6.07) is 31.3. The predicted octanol–water partition coefficient (Wildman–Crippen LogP) is 8.52. The first-order valence-corrected chi connectivity index (χ1v) is 18.4. The van der Waals surface area contributed by atoms with Gasteiger partial charge in [0.25, 0.3) is 5.78 Å². The van der Waals surface area contributed by atoms with Gasteiger partial charge in [0, 0.05) is 11.3 Å². The van der Waals surface area contributed by atoms with E-state index in [0.717, 1.165) is 27.5 Å². The van der Waals surface area contributed by atoms with Crippen LogP contribution >= 0.6 is 23.1 Å². The van der Waals surface area contributed by atoms with Crippen molar-refractivity contribution in [3.63, 3.8) is 0 Å². The highest BCUT2D eigenvalue weighted by Gasteiger charge is 2.49. The molecule has 1 saturated heterocycles. The molecule has 53 heavy (non-hydrogen) atoms. The Morgan fingerprint density at radius 1 is 0.849 bits per heavy atom. The van der Waals surface area contributed by atoms with E-state index in [1.807, 2.05) is 49.4 Å². The molecule has 0 radical (unpaired) electrons. The van der Waals surface area contributed by atoms with Crippen molar-refractivity contribution in [1.82, 2.24) is 10.2 Å². The number of aromatic nitrogens is 2. The number of aliphatic hydroxyl groups is 1. The molecular weight excluding hydrogens is 711 g/mol. The second-order valence-electron chi connectivity index (χ2n) is 12.2. The number of nitrogens with zero attached hydrogens (tertiary/aromatic N) is 3. The zero-order valence-electron chi connectivity index (χ0n) is 29.4. The van der Waals surface area contributed by atoms with Gasteiger partial charge in [0.05, 0.1) is 32.9 Å². The van der Waals surface area contributed by atoms with Gasteiger partial charge < -0.3 is 24.1 Å². The van der Waals surface area contributed by atoms with Gasteiger partial charge in [0.1, 0.15) is 18.1 Å². The summed E-state index contributed by atoms with van der Waals surface area (Å²) in [5, 5.41) is 23.0. The average molecular weight is 746 g/mol. The lowest BCUT2D eigenvalue weighted by Crippen LogP contribution is -2.29. The van der Waals surface area contributed by atoms with Crippen LogP contribution in [0, 0.1) is 6.92 Å². The maximum atomic E-state index is 14.0. The zero-order valence-corrected chi connectivity index (χ0v) is 31.0. The van der Waals surface area contributed by atoms with Crippen LogP contribution in [0.25, 0.3) is 16.5 Å². The normalized spacial score (nSPS) is 15.2. The Bertz CT molecular complexity index is 2330. The van der Waals surface area contributed by atoms with Crippen LogP contribution in [0.3, 0.4) is 0 Å². The van der Waals surface area contributed by atoms with Crippen LogP contribution in [-0.2, 0) is 21.9 Å². The fourth-order valence-electron chi connectivity index (χ4n) is 6.35. The molecule has 0 bridgehead atoms. The second-order valence-corrected chi connectivity index (χ2v) is 14.4. The highest BCUT2D eigenvalue weighted by atomic mass is 32.2. The van der Waals surface area contributed by atoms with E-state index in [9.17, 15) is 14.7 Å². The van der Waals surface area contributed by atoms with E-state index in [-0.39, 0.29) is 16.5 Å². The number of anilines is 1. The minimum Gasteiger partial charge on any atom is -0.507 e. The molecule has 10 nitrogen and oxygen atoms in total. The molecule has 1 aliphatic heterocycles. The van der Waals surface area contributed by atoms with Crippen molar-refractivity contribution in [3.05, 3.63) is 137 Å². The molecule has 1 aliphatic rings. The lowest BCUT2D eigenvalue weighted by molar-refractivity contribution is -0.132. The van der Waals surface area contributed by atoms with Crippen molar-refractivity contribution in [2.24, 2.45) is 0 Å². The number of amides is 1. The first-order chi connectivity index (χ1) is 25.8. The molecule has 268 valence electrons. The number of fused-ring (bicyclic) bond motifs is 1. The van der Waals surface area contributed by atoms with E-state index >= 15 is 0 Å². The van der Waals surface area contributed by atoms with Crippen LogP contribution in [-0.4, -0.2) is 48.3 Å². The largest absolute Gasteiger partial charge is 0.507 e. The van der Waals surface area contributed by atoms with Crippen LogP contribution in [0.1, 0.15) is 33.9 Å². The number of carbonyl (C=O) groups is 2. The number of carbonyl (C=O) groups excluding carboxylic acids is 2. The molecule has 1 atom stereocenters. The summed E-state index contributed by atoms with van der Waals surface area (Å²) in [5.41, 5.74) is 3.92. The van der Waals surface area contributed by atoms with E-state index in [1.54, 1.807) is 36.4 Å². The van der Waals surface area contributed by atoms with Crippen LogP contribution in [0.5, 0.6) is 23.0 Å². The summed E-state index contributed by atoms with van der Waals surface area (Å²) in [7, 11) is 4.44. The molecule has 1 amide bonds. The van der Waals surface area contributed by atoms with Gasteiger partial charge in [-0.2, -0.15) is 0 Å². The molecule has 0 aliphatic carbocycles. The van der Waals surface area contributed by atoms with Crippen molar-refractivity contribution in [2.45, 2.75) is 29.7 Å². The van der Waals surface area contributed by atoms with E-state index in [0.29, 0.717) is 50.8 Å². The first kappa shape index (κ1) is 35.5. The van der Waals surface area contributed by atoms with Gasteiger partial charge in [-0.15, -0.1) is 10.2 Å². The lowest BCUT2D eigenvalue weighted by atomic mass is 9.94. The minimum atomic E-state index is -1.11. The van der Waals surface area contributed by atoms with Crippen LogP contribution < -0.4 is 23.8 Å². The van der Waals surface area contributed by atoms with Crippen molar-refractivity contribution >= 4 is 56.5 Å². The number of ether oxygens (including phenoxy) is 4. The highest BCUT2D eigenvalue weighted by molar-refractivity contribution is 8.00. The summed E-state index contributed by atoms with van der Waals surface area (Å²) in [5.74, 6) is 0.0659. The number of thioether (sulfide) groups is 1. The molecule has 1 fully saturated rings. The Morgan fingerprint density at radius 2 is 1.57 bits per heavy atom. The highest BCUT2D eigenvalue weighted by Crippen LogP contribution is 2.48. The molecule has 1 unspecified atom stereocenters. The SMILES string of the molecule is COc1cc(C2C(=C(O)c3ccc(OCc4cccc(C)c4)cc3)C(=O)C(=O)N2c2nnc(SCc3cccc4ccccc34)s2)cc(OC)c1OC. The number of hydrogen-bond donors (Lipinski definition) is 1. The molecule has 1 aromatic heterocycles. The molecular formula is C41H35N3O7S2. The van der Waals surface area contributed by atoms with Gasteiger partial charge in [-0.05, 0) is 70.8 Å². The zero-order chi connectivity index (χ0) is 37.1. The van der Waals surface area contributed by atoms with Gasteiger partial charge in [0.15, 0.2) is 15.8 Å². The van der Waals surface area contributed by atoms with E-state index in [4.69, 9.17) is 18.9 Å². The number of rotatable bonds is 12. The Balaban J connectivity index is 1.24. The molecule has 6 aromatic rings. The summed E-state index contributed by atoms with van der Waals surface area (Å²) in [6.07, 6.45) is 0. The number of ketones is 1. The maximum Gasteiger partial charge on any atom is 0.301 e. The molecule has 0 saturated carbocycles. The predicted molar refractivity (Wildman–Crippen MR) is 206 cm³/mol. The van der Waals surface area contributed by atoms with Crippen molar-refractivity contribution in [2.75, 3.05) is 26.2 Å². The van der Waals surface area contributed by atoms with E-state index < -0.39 is 17.7 Å². The van der Waals surface area contributed by atoms with Crippen LogP contribution in [0.2, 0.25) is 0 Å². The summed E-state index contributed by atoms with van der Waals surface area (Å²) < 4.78 is 23.4. The molecule has 7 rings (SSSR count). The molecule has 1 N–H and O–H groups in total. The van der Waals surface area contributed by atoms with Gasteiger partial charge >= 0.3 is 5.91 Å². The smallest absolute Gasteiger partial charge is 0.301 e. The molecule has 0 spiro atoms. The van der Waals surface area contributed by atoms with E-state index in [1.165, 1.54) is 49.3 Å². The number of aryl methyl sites for hydroxylation is 1. The fourth-order valence-corrected chi connectivity index (χ4v) is 8.23. The van der Waals surface area contributed by atoms with Gasteiger partial charge in [-0.1, -0.05) is 95.4 Å². The van der Waals surface area contributed by atoms with Crippen LogP contribution in [0.15, 0.2) is 113 Å². The van der Waals surface area contributed by atoms with Gasteiger partial charge in [-0.3, -0.25) is 14.5 Å². The van der Waals surface area contributed by atoms with Gasteiger partial charge in [-0.25, -0.2) is 0 Å². The fraction of sp³-hybridized carbons (Fsp3) is 0.171. The maximum absolute atomic E-state index is 14.0. The van der Waals surface area contributed by atoms with Crippen LogP contribution in [0.4, 0.5) is 5.13 Å². The van der Waals surface area contributed by atoms with Crippen molar-refractivity contribution in [1.29, 1.82) is 0 Å². The lowest BCUT2D eigenvalue weighted by Gasteiger charge is -2.24. The monoisotopic (exact) mass is 745 g/mol. The quantitative estimate of drug-likeness (QED) is 0.0429. The number of Topliss-reactive ketones (excluding diaryl/α,β-unsaturated/α-hetero) is 1. The average Bonchev–Trinajstić information content (AvgIpc) is 3.76. The van der Waals surface area contributed by atoms with Crippen molar-refractivity contribution in [3.8, 4) is 23.0 Å². The molecule has 12 heteroatoms. The second kappa shape index (κ2) is 15.4. The summed E-state index contributed by atoms with van der Waals surface area (Å²) in [4.78, 5) is 29.2. The Hall–Kier alpha value is -5.85. The number of aliphatic hydroxyl groups excluding tert-OH is 1. The van der Waals surface area contributed by atoms with Crippen molar-refractivity contribution < 1.29 is 33.6 Å².